The van der Waals surface area contributed by atoms with E-state index in [4.69, 9.17) is 22.8 Å². The predicted molar refractivity (Wildman–Crippen MR) is 209 cm³/mol. The molecule has 9 nitrogen and oxygen atoms in total. The first-order chi connectivity index (χ1) is 23.7. The number of ketones is 1. The molecule has 3 fully saturated rings. The minimum Gasteiger partial charge on any atom is -0.426 e. The first-order valence-corrected chi connectivity index (χ1v) is 27.9. The van der Waals surface area contributed by atoms with Crippen molar-refractivity contribution in [1.29, 1.82) is 0 Å². The van der Waals surface area contributed by atoms with Crippen LogP contribution in [0.5, 0.6) is 0 Å². The topological polar surface area (TPSA) is 121 Å². The number of carbonyl (C=O) groups excluding carboxylic acids is 2. The molecule has 0 aromatic carbocycles. The molecule has 51 heavy (non-hydrogen) atoms. The van der Waals surface area contributed by atoms with Crippen LogP contribution in [0, 0.1) is 16.7 Å². The Labute approximate surface area is 312 Å². The summed E-state index contributed by atoms with van der Waals surface area (Å²) in [7, 11) is -7.05. The Morgan fingerprint density at radius 1 is 0.745 bits per heavy atom. The van der Waals surface area contributed by atoms with Crippen molar-refractivity contribution < 1.29 is 42.6 Å². The molecule has 2 bridgehead atoms. The van der Waals surface area contributed by atoms with Crippen LogP contribution in [0.2, 0.25) is 54.4 Å². The molecule has 12 heteroatoms. The first-order valence-electron chi connectivity index (χ1n) is 20.3. The average molecular weight is 769 g/mol. The third kappa shape index (κ3) is 6.44. The van der Waals surface area contributed by atoms with Crippen LogP contribution in [-0.4, -0.2) is 88.8 Å². The lowest BCUT2D eigenvalue weighted by atomic mass is 9.45. The quantitative estimate of drug-likeness (QED) is 0.0956. The Hall–Kier alpha value is -0.869. The molecule has 1 heterocycles. The predicted octanol–water partition coefficient (Wildman–Crippen LogP) is 8.90. The highest BCUT2D eigenvalue weighted by atomic mass is 28.4. The Bertz CT molecular complexity index is 1300. The molecule has 1 spiro atoms. The Kier molecular flexibility index (Phi) is 12.6. The van der Waals surface area contributed by atoms with Gasteiger partial charge in [0, 0.05) is 24.2 Å². The number of hydrogen-bond acceptors (Lipinski definition) is 9. The van der Waals surface area contributed by atoms with Gasteiger partial charge in [0.2, 0.25) is 0 Å². The molecule has 3 aliphatic carbocycles. The number of aliphatic hydroxyl groups excluding tert-OH is 1. The van der Waals surface area contributed by atoms with Gasteiger partial charge in [-0.2, -0.15) is 0 Å². The Morgan fingerprint density at radius 3 is 1.67 bits per heavy atom. The Morgan fingerprint density at radius 2 is 1.20 bits per heavy atom. The van der Waals surface area contributed by atoms with Crippen LogP contribution in [-0.2, 0) is 27.5 Å². The highest BCUT2D eigenvalue weighted by Gasteiger charge is 2.77. The van der Waals surface area contributed by atoms with Crippen LogP contribution in [0.3, 0.4) is 0 Å². The standard InChI is InChI=1S/C39H72O9Si3/c1-15-49(16-2,17-3)46-27-25-39-34(44-35(42)45-39)32-37(13,29(24-28(40)38(32,14)43)47-50(18-4,19-5)20-6)33(41)31(30(26(27)10)36(39,11)12)48-51(21-7,22-8)23-9/h27-29,31-32,34,40,43H,15-25H2,1-14H3/t27-,28-,29-,31+,32-,34-,37+,38-,39+/m0/s1. The van der Waals surface area contributed by atoms with Crippen LogP contribution < -0.4 is 0 Å². The average Bonchev–Trinajstić information content (AvgIpc) is 3.44. The van der Waals surface area contributed by atoms with E-state index in [9.17, 15) is 15.0 Å². The van der Waals surface area contributed by atoms with Gasteiger partial charge in [0.15, 0.2) is 42.4 Å². The summed E-state index contributed by atoms with van der Waals surface area (Å²) in [4.78, 5) is 29.9. The molecule has 0 unspecified atom stereocenters. The summed E-state index contributed by atoms with van der Waals surface area (Å²) in [6.45, 7) is 29.2. The second-order valence-corrected chi connectivity index (χ2v) is 31.4. The SMILES string of the molecule is CC[Si](CC)(CC)O[C@H]1C(=O)[C@]2(C)[C@@H](O[Si](CC)(CC)CC)C[C@H](O)[C@](C)(O)[C@H]2[C@@H]2OC(=O)O[C@]23C[C@H](O[Si](CC)(CC)CC)C(C)=C1C3(C)C. The molecule has 1 saturated heterocycles. The zero-order chi connectivity index (χ0) is 38.6. The zero-order valence-electron chi connectivity index (χ0n) is 34.5. The molecule has 0 aromatic heterocycles. The van der Waals surface area contributed by atoms with Gasteiger partial charge in [0.1, 0.15) is 6.10 Å². The van der Waals surface area contributed by atoms with Gasteiger partial charge in [0.05, 0.1) is 29.3 Å². The van der Waals surface area contributed by atoms with Gasteiger partial charge in [-0.1, -0.05) is 76.2 Å². The van der Waals surface area contributed by atoms with Crippen molar-refractivity contribution in [2.24, 2.45) is 16.7 Å². The number of ether oxygens (including phenoxy) is 2. The van der Waals surface area contributed by atoms with Gasteiger partial charge >= 0.3 is 6.16 Å². The number of rotatable bonds is 15. The highest BCUT2D eigenvalue weighted by molar-refractivity contribution is 6.74. The van der Waals surface area contributed by atoms with Crippen molar-refractivity contribution in [3.8, 4) is 0 Å². The summed E-state index contributed by atoms with van der Waals surface area (Å²) in [5.74, 6) is -1.21. The molecule has 4 aliphatic rings. The van der Waals surface area contributed by atoms with E-state index >= 15 is 4.79 Å². The summed E-state index contributed by atoms with van der Waals surface area (Å²) in [5, 5.41) is 24.5. The van der Waals surface area contributed by atoms with Crippen molar-refractivity contribution in [3.05, 3.63) is 11.1 Å². The largest absolute Gasteiger partial charge is 0.509 e. The molecular weight excluding hydrogens is 697 g/mol. The van der Waals surface area contributed by atoms with Gasteiger partial charge in [-0.15, -0.1) is 0 Å². The third-order valence-corrected chi connectivity index (χ3v) is 29.3. The van der Waals surface area contributed by atoms with Gasteiger partial charge in [-0.3, -0.25) is 4.79 Å². The number of aliphatic hydroxyl groups is 2. The van der Waals surface area contributed by atoms with Gasteiger partial charge in [-0.25, -0.2) is 4.79 Å². The minimum absolute atomic E-state index is 0.0877. The highest BCUT2D eigenvalue weighted by Crippen LogP contribution is 2.65. The van der Waals surface area contributed by atoms with Crippen molar-refractivity contribution in [2.75, 3.05) is 0 Å². The number of Topliss-reactive ketones (excluding diaryl/α,β-unsaturated/α-hetero) is 1. The summed E-state index contributed by atoms with van der Waals surface area (Å²) in [6, 6.07) is 7.90. The molecule has 4 rings (SSSR count). The number of fused-ring (bicyclic) bond motifs is 3. The van der Waals surface area contributed by atoms with E-state index in [0.29, 0.717) is 6.42 Å². The molecule has 0 aromatic rings. The lowest BCUT2D eigenvalue weighted by molar-refractivity contribution is -0.247. The summed E-state index contributed by atoms with van der Waals surface area (Å²) in [5.41, 5.74) is -3.68. The molecular formula is C39H72O9Si3. The van der Waals surface area contributed by atoms with Gasteiger partial charge in [0.25, 0.3) is 0 Å². The fraction of sp³-hybridized carbons (Fsp3) is 0.897. The van der Waals surface area contributed by atoms with Crippen LogP contribution in [0.25, 0.3) is 0 Å². The third-order valence-electron chi connectivity index (χ3n) is 15.4. The maximum atomic E-state index is 16.2. The van der Waals surface area contributed by atoms with Gasteiger partial charge in [-0.05, 0) is 86.3 Å². The van der Waals surface area contributed by atoms with E-state index in [0.717, 1.165) is 65.5 Å². The van der Waals surface area contributed by atoms with Crippen LogP contribution >= 0.6 is 0 Å². The van der Waals surface area contributed by atoms with Gasteiger partial charge < -0.3 is 33.0 Å². The van der Waals surface area contributed by atoms with E-state index in [2.05, 4.69) is 69.2 Å². The minimum atomic E-state index is -2.47. The van der Waals surface area contributed by atoms with E-state index in [-0.39, 0.29) is 12.2 Å². The van der Waals surface area contributed by atoms with Crippen LogP contribution in [0.1, 0.15) is 110 Å². The van der Waals surface area contributed by atoms with E-state index in [1.165, 1.54) is 0 Å². The molecule has 294 valence electrons. The fourth-order valence-corrected chi connectivity index (χ4v) is 19.4. The lowest BCUT2D eigenvalue weighted by Gasteiger charge is -2.64. The normalized spacial score (nSPS) is 36.9. The van der Waals surface area contributed by atoms with E-state index in [1.54, 1.807) is 6.92 Å². The second kappa shape index (κ2) is 15.0. The maximum absolute atomic E-state index is 16.2. The maximum Gasteiger partial charge on any atom is 0.509 e. The van der Waals surface area contributed by atoms with Crippen molar-refractivity contribution in [1.82, 2.24) is 0 Å². The van der Waals surface area contributed by atoms with Crippen LogP contribution in [0.15, 0.2) is 11.1 Å². The molecule has 1 aliphatic heterocycles. The zero-order valence-corrected chi connectivity index (χ0v) is 37.5. The second-order valence-electron chi connectivity index (χ2n) is 17.2. The summed E-state index contributed by atoms with van der Waals surface area (Å²) < 4.78 is 34.9. The van der Waals surface area contributed by atoms with E-state index in [1.807, 2.05) is 20.8 Å². The summed E-state index contributed by atoms with van der Waals surface area (Å²) >= 11 is 0. The summed E-state index contributed by atoms with van der Waals surface area (Å²) in [6.07, 6.45) is -4.84. The fourth-order valence-electron chi connectivity index (χ4n) is 10.8. The van der Waals surface area contributed by atoms with Crippen molar-refractivity contribution in [3.63, 3.8) is 0 Å². The monoisotopic (exact) mass is 768 g/mol. The van der Waals surface area contributed by atoms with Crippen molar-refractivity contribution in [2.45, 2.75) is 206 Å². The Balaban J connectivity index is 2.16. The number of hydrogen-bond donors (Lipinski definition) is 2. The van der Waals surface area contributed by atoms with Crippen molar-refractivity contribution >= 4 is 36.9 Å². The smallest absolute Gasteiger partial charge is 0.426 e. The molecule has 0 amide bonds. The lowest BCUT2D eigenvalue weighted by Crippen LogP contribution is -2.76. The molecule has 2 N–H and O–H groups in total. The molecule has 0 radical (unpaired) electrons. The van der Waals surface area contributed by atoms with Crippen LogP contribution in [0.4, 0.5) is 4.79 Å². The number of carbonyl (C=O) groups is 2. The van der Waals surface area contributed by atoms with E-state index < -0.39 is 89.6 Å². The molecule has 9 atom stereocenters. The molecule has 2 saturated carbocycles. The first kappa shape index (κ1) is 42.9.